The van der Waals surface area contributed by atoms with Gasteiger partial charge in [-0.3, -0.25) is 4.79 Å². The molecule has 0 aromatic carbocycles. The maximum absolute atomic E-state index is 11.3. The highest BCUT2D eigenvalue weighted by Crippen LogP contribution is 2.06. The summed E-state index contributed by atoms with van der Waals surface area (Å²) >= 11 is 3.12. The van der Waals surface area contributed by atoms with E-state index < -0.39 is 5.60 Å². The molecule has 0 unspecified atom stereocenters. The number of alkyl halides is 1. The minimum absolute atomic E-state index is 0.227. The summed E-state index contributed by atoms with van der Waals surface area (Å²) in [6.45, 7) is 6.09. The van der Waals surface area contributed by atoms with Gasteiger partial charge in [-0.15, -0.1) is 0 Å². The third-order valence-electron chi connectivity index (χ3n) is 1.95. The monoisotopic (exact) mass is 307 g/mol. The van der Waals surface area contributed by atoms with E-state index in [1.165, 1.54) is 0 Å². The fraction of sp³-hybridized carbons (Fsp3) is 0.833. The largest absolute Gasteiger partial charge is 0.444 e. The standard InChI is InChI=1S/C12H22BrNO3/c1-12(2,3)17-11(16)14-8-6-4-5-7-10(15)9-13/h4-9H2,1-3H3,(H,14,16). The Labute approximate surface area is 112 Å². The molecular weight excluding hydrogens is 286 g/mol. The molecular formula is C12H22BrNO3. The first kappa shape index (κ1) is 16.4. The number of rotatable bonds is 7. The number of carbonyl (C=O) groups is 2. The van der Waals surface area contributed by atoms with Crippen LogP contribution >= 0.6 is 15.9 Å². The normalized spacial score (nSPS) is 11.1. The summed E-state index contributed by atoms with van der Waals surface area (Å²) in [4.78, 5) is 22.2. The first-order chi connectivity index (χ1) is 7.85. The quantitative estimate of drug-likeness (QED) is 0.581. The fourth-order valence-electron chi connectivity index (χ4n) is 1.20. The van der Waals surface area contributed by atoms with Crippen LogP contribution < -0.4 is 5.32 Å². The summed E-state index contributed by atoms with van der Waals surface area (Å²) in [5.74, 6) is 0.227. The summed E-state index contributed by atoms with van der Waals surface area (Å²) < 4.78 is 5.09. The molecule has 0 aromatic heterocycles. The molecule has 0 fully saturated rings. The van der Waals surface area contributed by atoms with Crippen LogP contribution in [-0.2, 0) is 9.53 Å². The summed E-state index contributed by atoms with van der Waals surface area (Å²) in [5.41, 5.74) is -0.452. The molecule has 0 bridgehead atoms. The second kappa shape index (κ2) is 8.50. The van der Waals surface area contributed by atoms with E-state index in [1.54, 1.807) is 0 Å². The molecule has 0 radical (unpaired) electrons. The second-order valence-corrected chi connectivity index (χ2v) is 5.47. The highest BCUT2D eigenvalue weighted by atomic mass is 79.9. The molecule has 0 saturated heterocycles. The Balaban J connectivity index is 3.40. The molecule has 0 rings (SSSR count). The topological polar surface area (TPSA) is 55.4 Å². The van der Waals surface area contributed by atoms with Crippen LogP contribution in [-0.4, -0.2) is 29.4 Å². The van der Waals surface area contributed by atoms with E-state index in [1.807, 2.05) is 20.8 Å². The molecule has 17 heavy (non-hydrogen) atoms. The predicted molar refractivity (Wildman–Crippen MR) is 71.5 cm³/mol. The van der Waals surface area contributed by atoms with Gasteiger partial charge in [0.2, 0.25) is 0 Å². The van der Waals surface area contributed by atoms with Crippen LogP contribution in [0.5, 0.6) is 0 Å². The number of hydrogen-bond donors (Lipinski definition) is 1. The highest BCUT2D eigenvalue weighted by Gasteiger charge is 2.15. The molecule has 0 heterocycles. The number of carbonyl (C=O) groups excluding carboxylic acids is 2. The lowest BCUT2D eigenvalue weighted by molar-refractivity contribution is -0.116. The van der Waals surface area contributed by atoms with Gasteiger partial charge in [0.15, 0.2) is 0 Å². The second-order valence-electron chi connectivity index (χ2n) is 4.91. The van der Waals surface area contributed by atoms with Gasteiger partial charge in [0.05, 0.1) is 5.33 Å². The van der Waals surface area contributed by atoms with E-state index in [2.05, 4.69) is 21.2 Å². The Morgan fingerprint density at radius 2 is 1.82 bits per heavy atom. The zero-order chi connectivity index (χ0) is 13.3. The number of ether oxygens (including phenoxy) is 1. The van der Waals surface area contributed by atoms with Crippen molar-refractivity contribution in [2.45, 2.75) is 52.1 Å². The van der Waals surface area contributed by atoms with E-state index >= 15 is 0 Å². The van der Waals surface area contributed by atoms with Gasteiger partial charge in [-0.2, -0.15) is 0 Å². The predicted octanol–water partition coefficient (Wildman–Crippen LogP) is 3.04. The molecule has 0 atom stereocenters. The third kappa shape index (κ3) is 11.7. The van der Waals surface area contributed by atoms with Crippen LogP contribution in [0, 0.1) is 0 Å². The zero-order valence-electron chi connectivity index (χ0n) is 10.8. The number of nitrogens with one attached hydrogen (secondary N) is 1. The van der Waals surface area contributed by atoms with Crippen molar-refractivity contribution in [2.24, 2.45) is 0 Å². The van der Waals surface area contributed by atoms with Crippen molar-refractivity contribution in [3.8, 4) is 0 Å². The van der Waals surface area contributed by atoms with Gasteiger partial charge in [0.25, 0.3) is 0 Å². The Bertz CT molecular complexity index is 249. The van der Waals surface area contributed by atoms with Gasteiger partial charge in [-0.1, -0.05) is 22.4 Å². The molecule has 0 aromatic rings. The Kier molecular flexibility index (Phi) is 8.21. The number of hydrogen-bond acceptors (Lipinski definition) is 3. The number of alkyl carbamates (subject to hydrolysis) is 1. The highest BCUT2D eigenvalue weighted by molar-refractivity contribution is 9.09. The third-order valence-corrected chi connectivity index (χ3v) is 2.58. The van der Waals surface area contributed by atoms with Gasteiger partial charge in [0.1, 0.15) is 11.4 Å². The van der Waals surface area contributed by atoms with Crippen molar-refractivity contribution < 1.29 is 14.3 Å². The lowest BCUT2D eigenvalue weighted by Gasteiger charge is -2.19. The minimum Gasteiger partial charge on any atom is -0.444 e. The van der Waals surface area contributed by atoms with Crippen LogP contribution in [0.25, 0.3) is 0 Å². The van der Waals surface area contributed by atoms with Gasteiger partial charge in [0, 0.05) is 13.0 Å². The maximum atomic E-state index is 11.3. The van der Waals surface area contributed by atoms with E-state index in [0.29, 0.717) is 18.3 Å². The van der Waals surface area contributed by atoms with Crippen LogP contribution in [0.1, 0.15) is 46.5 Å². The number of unbranched alkanes of at least 4 members (excludes halogenated alkanes) is 2. The van der Waals surface area contributed by atoms with E-state index in [0.717, 1.165) is 19.3 Å². The van der Waals surface area contributed by atoms with Crippen molar-refractivity contribution in [1.29, 1.82) is 0 Å². The zero-order valence-corrected chi connectivity index (χ0v) is 12.4. The van der Waals surface area contributed by atoms with Crippen molar-refractivity contribution in [3.63, 3.8) is 0 Å². The molecule has 5 heteroatoms. The first-order valence-electron chi connectivity index (χ1n) is 5.89. The summed E-state index contributed by atoms with van der Waals surface area (Å²) in [7, 11) is 0. The maximum Gasteiger partial charge on any atom is 0.407 e. The van der Waals surface area contributed by atoms with Gasteiger partial charge < -0.3 is 10.1 Å². The van der Waals surface area contributed by atoms with Crippen LogP contribution in [0.15, 0.2) is 0 Å². The molecule has 4 nitrogen and oxygen atoms in total. The average molecular weight is 308 g/mol. The van der Waals surface area contributed by atoms with Crippen molar-refractivity contribution >= 4 is 27.8 Å². The van der Waals surface area contributed by atoms with Crippen LogP contribution in [0.3, 0.4) is 0 Å². The molecule has 0 spiro atoms. The lowest BCUT2D eigenvalue weighted by atomic mass is 10.1. The number of amides is 1. The van der Waals surface area contributed by atoms with E-state index in [4.69, 9.17) is 4.74 Å². The lowest BCUT2D eigenvalue weighted by Crippen LogP contribution is -2.32. The SMILES string of the molecule is CC(C)(C)OC(=O)NCCCCCC(=O)CBr. The van der Waals surface area contributed by atoms with Crippen LogP contribution in [0.2, 0.25) is 0 Å². The Morgan fingerprint density at radius 3 is 2.35 bits per heavy atom. The number of Topliss-reactive ketones (excluding diaryl/α,β-unsaturated/α-hetero) is 1. The van der Waals surface area contributed by atoms with Crippen molar-refractivity contribution in [2.75, 3.05) is 11.9 Å². The summed E-state index contributed by atoms with van der Waals surface area (Å²) in [5, 5.41) is 3.12. The van der Waals surface area contributed by atoms with Crippen molar-refractivity contribution in [1.82, 2.24) is 5.32 Å². The Morgan fingerprint density at radius 1 is 1.18 bits per heavy atom. The molecule has 0 saturated carbocycles. The average Bonchev–Trinajstić information content (AvgIpc) is 2.20. The van der Waals surface area contributed by atoms with Crippen molar-refractivity contribution in [3.05, 3.63) is 0 Å². The smallest absolute Gasteiger partial charge is 0.407 e. The fourth-order valence-corrected chi connectivity index (χ4v) is 1.48. The molecule has 0 aliphatic rings. The number of halogens is 1. The van der Waals surface area contributed by atoms with Gasteiger partial charge in [-0.05, 0) is 33.6 Å². The van der Waals surface area contributed by atoms with E-state index in [-0.39, 0.29) is 11.9 Å². The molecule has 100 valence electrons. The van der Waals surface area contributed by atoms with Gasteiger partial charge in [-0.25, -0.2) is 4.79 Å². The summed E-state index contributed by atoms with van der Waals surface area (Å²) in [6.07, 6.45) is 2.91. The van der Waals surface area contributed by atoms with Crippen LogP contribution in [0.4, 0.5) is 4.79 Å². The van der Waals surface area contributed by atoms with Gasteiger partial charge >= 0.3 is 6.09 Å². The molecule has 0 aliphatic carbocycles. The van der Waals surface area contributed by atoms with E-state index in [9.17, 15) is 9.59 Å². The first-order valence-corrected chi connectivity index (χ1v) is 7.02. The summed E-state index contributed by atoms with van der Waals surface area (Å²) in [6, 6.07) is 0. The molecule has 1 N–H and O–H groups in total. The molecule has 1 amide bonds. The number of ketones is 1. The minimum atomic E-state index is -0.452. The Hall–Kier alpha value is -0.580. The molecule has 0 aliphatic heterocycles.